The molecule has 1 atom stereocenters. The fraction of sp³-hybridized carbons (Fsp3) is 0.583. The molecule has 0 saturated heterocycles. The molecular weight excluding hydrogens is 186 g/mol. The van der Waals surface area contributed by atoms with Gasteiger partial charge in [-0.05, 0) is 19.3 Å². The highest BCUT2D eigenvalue weighted by Gasteiger charge is 2.14. The van der Waals surface area contributed by atoms with Crippen molar-refractivity contribution in [1.29, 1.82) is 0 Å². The van der Waals surface area contributed by atoms with Crippen molar-refractivity contribution in [3.05, 3.63) is 30.4 Å². The third kappa shape index (κ3) is 3.20. The summed E-state index contributed by atoms with van der Waals surface area (Å²) in [5.41, 5.74) is 7.24. The summed E-state index contributed by atoms with van der Waals surface area (Å²) in [6.07, 6.45) is 9.00. The minimum atomic E-state index is 0.0816. The maximum Gasteiger partial charge on any atom is 0.0948 e. The van der Waals surface area contributed by atoms with Crippen LogP contribution < -0.4 is 5.73 Å². The highest BCUT2D eigenvalue weighted by atomic mass is 15.1. The van der Waals surface area contributed by atoms with Crippen molar-refractivity contribution in [3.63, 3.8) is 0 Å². The number of aryl methyl sites for hydroxylation is 1. The second kappa shape index (κ2) is 5.71. The quantitative estimate of drug-likeness (QED) is 0.754. The van der Waals surface area contributed by atoms with Crippen LogP contribution in [0.25, 0.3) is 0 Å². The Morgan fingerprint density at radius 3 is 2.87 bits per heavy atom. The van der Waals surface area contributed by atoms with Crippen LogP contribution in [0.5, 0.6) is 0 Å². The summed E-state index contributed by atoms with van der Waals surface area (Å²) >= 11 is 0. The van der Waals surface area contributed by atoms with Crippen LogP contribution in [-0.4, -0.2) is 9.55 Å². The molecule has 1 aromatic rings. The average Bonchev–Trinajstić information content (AvgIpc) is 2.65. The predicted octanol–water partition coefficient (Wildman–Crippen LogP) is 2.51. The molecule has 0 spiro atoms. The van der Waals surface area contributed by atoms with E-state index in [1.807, 2.05) is 19.4 Å². The number of allylic oxidation sites excluding steroid dienone is 2. The van der Waals surface area contributed by atoms with Crippen LogP contribution >= 0.6 is 0 Å². The summed E-state index contributed by atoms with van der Waals surface area (Å²) < 4.78 is 2.14. The van der Waals surface area contributed by atoms with Crippen LogP contribution in [0.3, 0.4) is 0 Å². The van der Waals surface area contributed by atoms with Gasteiger partial charge >= 0.3 is 0 Å². The van der Waals surface area contributed by atoms with Crippen molar-refractivity contribution >= 4 is 0 Å². The van der Waals surface area contributed by atoms with Gasteiger partial charge in [-0.15, -0.1) is 0 Å². The topological polar surface area (TPSA) is 43.8 Å². The maximum absolute atomic E-state index is 6.11. The Balaban J connectivity index is 2.68. The van der Waals surface area contributed by atoms with E-state index in [0.29, 0.717) is 5.92 Å². The van der Waals surface area contributed by atoms with Crippen LogP contribution in [0, 0.1) is 5.92 Å². The summed E-state index contributed by atoms with van der Waals surface area (Å²) in [5, 5.41) is 0. The second-order valence-corrected chi connectivity index (χ2v) is 4.14. The molecule has 0 aromatic carbocycles. The molecule has 84 valence electrons. The number of nitrogens with two attached hydrogens (primary N) is 1. The van der Waals surface area contributed by atoms with Crippen molar-refractivity contribution in [1.82, 2.24) is 9.55 Å². The molecule has 2 N–H and O–H groups in total. The molecule has 0 amide bonds. The van der Waals surface area contributed by atoms with Gasteiger partial charge in [0.05, 0.1) is 12.0 Å². The lowest BCUT2D eigenvalue weighted by molar-refractivity contribution is 0.478. The normalized spacial score (nSPS) is 13.9. The van der Waals surface area contributed by atoms with Gasteiger partial charge in [0.2, 0.25) is 0 Å². The van der Waals surface area contributed by atoms with Gasteiger partial charge in [-0.1, -0.05) is 26.0 Å². The highest BCUT2D eigenvalue weighted by Crippen LogP contribution is 2.18. The fourth-order valence-corrected chi connectivity index (χ4v) is 1.52. The van der Waals surface area contributed by atoms with E-state index >= 15 is 0 Å². The molecular formula is C12H21N3. The van der Waals surface area contributed by atoms with Crippen molar-refractivity contribution in [2.24, 2.45) is 11.7 Å². The number of hydrogen-bond acceptors (Lipinski definition) is 2. The molecule has 0 fully saturated rings. The standard InChI is InChI=1S/C12H21N3/c1-4-5-6-7-15-9-14-8-11(15)12(13)10(2)3/h4-5,8-10,12H,6-7,13H2,1-3H3/b5-4+. The van der Waals surface area contributed by atoms with E-state index in [-0.39, 0.29) is 6.04 Å². The van der Waals surface area contributed by atoms with Gasteiger partial charge in [-0.3, -0.25) is 0 Å². The van der Waals surface area contributed by atoms with E-state index < -0.39 is 0 Å². The Morgan fingerprint density at radius 1 is 1.53 bits per heavy atom. The molecule has 1 aromatic heterocycles. The van der Waals surface area contributed by atoms with Gasteiger partial charge in [-0.2, -0.15) is 0 Å². The van der Waals surface area contributed by atoms with E-state index in [9.17, 15) is 0 Å². The lowest BCUT2D eigenvalue weighted by atomic mass is 10.0. The number of hydrogen-bond donors (Lipinski definition) is 1. The summed E-state index contributed by atoms with van der Waals surface area (Å²) in [7, 11) is 0. The van der Waals surface area contributed by atoms with Crippen molar-refractivity contribution in [3.8, 4) is 0 Å². The molecule has 1 heterocycles. The molecule has 0 aliphatic carbocycles. The van der Waals surface area contributed by atoms with Gasteiger partial charge in [0, 0.05) is 18.8 Å². The monoisotopic (exact) mass is 207 g/mol. The first kappa shape index (κ1) is 12.0. The molecule has 15 heavy (non-hydrogen) atoms. The van der Waals surface area contributed by atoms with E-state index in [2.05, 4.69) is 35.6 Å². The van der Waals surface area contributed by atoms with Crippen molar-refractivity contribution in [2.75, 3.05) is 0 Å². The summed E-state index contributed by atoms with van der Waals surface area (Å²) in [4.78, 5) is 4.16. The Labute approximate surface area is 92.0 Å². The summed E-state index contributed by atoms with van der Waals surface area (Å²) in [5.74, 6) is 0.446. The zero-order chi connectivity index (χ0) is 11.3. The van der Waals surface area contributed by atoms with Crippen molar-refractivity contribution < 1.29 is 0 Å². The number of rotatable bonds is 5. The van der Waals surface area contributed by atoms with Gasteiger partial charge in [0.1, 0.15) is 0 Å². The lowest BCUT2D eigenvalue weighted by Gasteiger charge is -2.17. The van der Waals surface area contributed by atoms with E-state index in [1.54, 1.807) is 0 Å². The molecule has 3 heteroatoms. The lowest BCUT2D eigenvalue weighted by Crippen LogP contribution is -2.20. The Kier molecular flexibility index (Phi) is 4.56. The molecule has 3 nitrogen and oxygen atoms in total. The van der Waals surface area contributed by atoms with Crippen LogP contribution in [0.2, 0.25) is 0 Å². The van der Waals surface area contributed by atoms with Gasteiger partial charge < -0.3 is 10.3 Å². The van der Waals surface area contributed by atoms with Gasteiger partial charge in [0.15, 0.2) is 0 Å². The molecule has 0 bridgehead atoms. The number of imidazole rings is 1. The average molecular weight is 207 g/mol. The number of aromatic nitrogens is 2. The highest BCUT2D eigenvalue weighted by molar-refractivity contribution is 5.05. The van der Waals surface area contributed by atoms with Gasteiger partial charge in [-0.25, -0.2) is 4.98 Å². The van der Waals surface area contributed by atoms with Crippen LogP contribution in [0.1, 0.15) is 38.9 Å². The SMILES string of the molecule is C/C=C/CCn1cncc1C(N)C(C)C. The first-order valence-corrected chi connectivity index (χ1v) is 5.53. The third-order valence-electron chi connectivity index (χ3n) is 2.58. The molecule has 1 rings (SSSR count). The molecule has 0 aliphatic rings. The first-order chi connectivity index (χ1) is 7.16. The van der Waals surface area contributed by atoms with Crippen molar-refractivity contribution in [2.45, 2.75) is 39.8 Å². The van der Waals surface area contributed by atoms with Gasteiger partial charge in [0.25, 0.3) is 0 Å². The van der Waals surface area contributed by atoms with Crippen LogP contribution in [0.15, 0.2) is 24.7 Å². The molecule has 0 radical (unpaired) electrons. The fourth-order valence-electron chi connectivity index (χ4n) is 1.52. The largest absolute Gasteiger partial charge is 0.333 e. The first-order valence-electron chi connectivity index (χ1n) is 5.53. The molecule has 0 saturated carbocycles. The second-order valence-electron chi connectivity index (χ2n) is 4.14. The summed E-state index contributed by atoms with van der Waals surface area (Å²) in [6.45, 7) is 7.26. The predicted molar refractivity (Wildman–Crippen MR) is 63.4 cm³/mol. The minimum Gasteiger partial charge on any atom is -0.333 e. The zero-order valence-corrected chi connectivity index (χ0v) is 9.85. The van der Waals surface area contributed by atoms with Crippen LogP contribution in [-0.2, 0) is 6.54 Å². The summed E-state index contributed by atoms with van der Waals surface area (Å²) in [6, 6.07) is 0.0816. The third-order valence-corrected chi connectivity index (χ3v) is 2.58. The Bertz CT molecular complexity index is 312. The smallest absolute Gasteiger partial charge is 0.0948 e. The van der Waals surface area contributed by atoms with E-state index in [4.69, 9.17) is 5.73 Å². The Hall–Kier alpha value is -1.09. The van der Waals surface area contributed by atoms with E-state index in [1.165, 1.54) is 0 Å². The number of nitrogens with zero attached hydrogens (tertiary/aromatic N) is 2. The molecule has 0 aliphatic heterocycles. The van der Waals surface area contributed by atoms with Crippen LogP contribution in [0.4, 0.5) is 0 Å². The Morgan fingerprint density at radius 2 is 2.27 bits per heavy atom. The minimum absolute atomic E-state index is 0.0816. The van der Waals surface area contributed by atoms with E-state index in [0.717, 1.165) is 18.7 Å². The molecule has 1 unspecified atom stereocenters. The maximum atomic E-state index is 6.11. The zero-order valence-electron chi connectivity index (χ0n) is 9.85.